The van der Waals surface area contributed by atoms with Crippen LogP contribution in [0.4, 0.5) is 0 Å². The molecule has 1 heterocycles. The average molecular weight is 415 g/mol. The molecule has 0 aromatic heterocycles. The van der Waals surface area contributed by atoms with Crippen molar-refractivity contribution in [1.29, 1.82) is 0 Å². The molecule has 0 aromatic rings. The molecule has 3 N–H and O–H groups in total. The number of ether oxygens (including phenoxy) is 2. The van der Waals surface area contributed by atoms with Gasteiger partial charge in [-0.2, -0.15) is 0 Å². The van der Waals surface area contributed by atoms with E-state index in [4.69, 9.17) is 9.47 Å². The highest BCUT2D eigenvalue weighted by molar-refractivity contribution is 5.69. The minimum Gasteiger partial charge on any atom is -0.463 e. The van der Waals surface area contributed by atoms with Gasteiger partial charge in [-0.3, -0.25) is 4.79 Å². The first-order valence-electron chi connectivity index (χ1n) is 11.5. The van der Waals surface area contributed by atoms with E-state index in [2.05, 4.69) is 19.1 Å². The van der Waals surface area contributed by atoms with Crippen LogP contribution in [0.15, 0.2) is 12.2 Å². The second-order valence-electron chi connectivity index (χ2n) is 8.09. The Morgan fingerprint density at radius 1 is 1.00 bits per heavy atom. The summed E-state index contributed by atoms with van der Waals surface area (Å²) in [4.78, 5) is 11.7. The molecule has 0 bridgehead atoms. The van der Waals surface area contributed by atoms with Crippen LogP contribution in [0.25, 0.3) is 0 Å². The number of allylic oxidation sites excluding steroid dienone is 2. The van der Waals surface area contributed by atoms with E-state index in [0.29, 0.717) is 6.42 Å². The predicted molar refractivity (Wildman–Crippen MR) is 114 cm³/mol. The van der Waals surface area contributed by atoms with Crippen molar-refractivity contribution < 1.29 is 29.6 Å². The van der Waals surface area contributed by atoms with Crippen molar-refractivity contribution in [2.75, 3.05) is 13.2 Å². The van der Waals surface area contributed by atoms with Crippen molar-refractivity contribution in [3.05, 3.63) is 12.2 Å². The molecule has 0 saturated carbocycles. The molecule has 1 saturated heterocycles. The smallest absolute Gasteiger partial charge is 0.305 e. The second kappa shape index (κ2) is 16.8. The van der Waals surface area contributed by atoms with Gasteiger partial charge >= 0.3 is 5.97 Å². The molecule has 0 radical (unpaired) electrons. The van der Waals surface area contributed by atoms with Crippen LogP contribution >= 0.6 is 0 Å². The van der Waals surface area contributed by atoms with Gasteiger partial charge in [-0.1, -0.05) is 64.0 Å². The maximum Gasteiger partial charge on any atom is 0.305 e. The third-order valence-electron chi connectivity index (χ3n) is 5.38. The summed E-state index contributed by atoms with van der Waals surface area (Å²) in [6.45, 7) is 1.99. The number of aliphatic hydroxyl groups is 3. The van der Waals surface area contributed by atoms with Gasteiger partial charge in [0.1, 0.15) is 31.0 Å². The van der Waals surface area contributed by atoms with E-state index >= 15 is 0 Å². The summed E-state index contributed by atoms with van der Waals surface area (Å²) in [6, 6.07) is 0. The molecule has 6 nitrogen and oxygen atoms in total. The zero-order valence-corrected chi connectivity index (χ0v) is 18.1. The number of aliphatic hydroxyl groups excluding tert-OH is 3. The lowest BCUT2D eigenvalue weighted by molar-refractivity contribution is -0.151. The Labute approximate surface area is 176 Å². The summed E-state index contributed by atoms with van der Waals surface area (Å²) in [5.74, 6) is -0.348. The number of carbonyl (C=O) groups is 1. The zero-order valence-electron chi connectivity index (χ0n) is 18.1. The predicted octanol–water partition coefficient (Wildman–Crippen LogP) is 3.66. The van der Waals surface area contributed by atoms with Gasteiger partial charge in [0.15, 0.2) is 0 Å². The molecule has 29 heavy (non-hydrogen) atoms. The summed E-state index contributed by atoms with van der Waals surface area (Å²) in [5, 5.41) is 29.0. The first kappa shape index (κ1) is 26.1. The fraction of sp³-hybridized carbons (Fsp3) is 0.870. The summed E-state index contributed by atoms with van der Waals surface area (Å²) in [6.07, 6.45) is 15.0. The Kier molecular flexibility index (Phi) is 15.1. The highest BCUT2D eigenvalue weighted by atomic mass is 16.6. The van der Waals surface area contributed by atoms with Gasteiger partial charge in [0, 0.05) is 6.42 Å². The fourth-order valence-corrected chi connectivity index (χ4v) is 3.47. The maximum absolute atomic E-state index is 11.7. The number of unbranched alkanes of at least 4 members (excludes halogenated alkanes) is 10. The van der Waals surface area contributed by atoms with Crippen molar-refractivity contribution in [1.82, 2.24) is 0 Å². The average Bonchev–Trinajstić information content (AvgIpc) is 3.05. The van der Waals surface area contributed by atoms with Crippen LogP contribution in [-0.2, 0) is 14.3 Å². The van der Waals surface area contributed by atoms with Crippen LogP contribution in [0.2, 0.25) is 0 Å². The highest BCUT2D eigenvalue weighted by Gasteiger charge is 2.39. The minimum atomic E-state index is -1.15. The SMILES string of the molecule is CCCCCCC/C=C/CCCCCCCC(=O)OCC(O)[C@H]1OC[C@H](O)[C@H]1O. The van der Waals surface area contributed by atoms with Crippen LogP contribution < -0.4 is 0 Å². The molecule has 0 spiro atoms. The van der Waals surface area contributed by atoms with Crippen LogP contribution in [0.1, 0.15) is 90.4 Å². The van der Waals surface area contributed by atoms with Crippen LogP contribution in [0.5, 0.6) is 0 Å². The lowest BCUT2D eigenvalue weighted by Gasteiger charge is -2.20. The number of carbonyl (C=O) groups excluding carboxylic acids is 1. The topological polar surface area (TPSA) is 96.2 Å². The van der Waals surface area contributed by atoms with Crippen molar-refractivity contribution in [3.63, 3.8) is 0 Å². The van der Waals surface area contributed by atoms with Crippen molar-refractivity contribution in [2.24, 2.45) is 0 Å². The lowest BCUT2D eigenvalue weighted by Crippen LogP contribution is -2.41. The van der Waals surface area contributed by atoms with Crippen LogP contribution in [-0.4, -0.2) is 58.9 Å². The minimum absolute atomic E-state index is 0.0221. The Bertz CT molecular complexity index is 439. The molecule has 1 aliphatic rings. The van der Waals surface area contributed by atoms with Gasteiger partial charge in [-0.15, -0.1) is 0 Å². The molecule has 1 aliphatic heterocycles. The number of hydrogen-bond donors (Lipinski definition) is 3. The third kappa shape index (κ3) is 12.4. The largest absolute Gasteiger partial charge is 0.463 e. The first-order chi connectivity index (χ1) is 14.1. The van der Waals surface area contributed by atoms with E-state index < -0.39 is 24.4 Å². The molecule has 1 unspecified atom stereocenters. The summed E-state index contributed by atoms with van der Waals surface area (Å²) < 4.78 is 10.2. The van der Waals surface area contributed by atoms with Crippen molar-refractivity contribution >= 4 is 5.97 Å². The Balaban J connectivity index is 1.89. The second-order valence-corrected chi connectivity index (χ2v) is 8.09. The van der Waals surface area contributed by atoms with Crippen molar-refractivity contribution in [3.8, 4) is 0 Å². The fourth-order valence-electron chi connectivity index (χ4n) is 3.47. The molecular formula is C23H42O6. The number of esters is 1. The Morgan fingerprint density at radius 3 is 2.17 bits per heavy atom. The zero-order chi connectivity index (χ0) is 21.3. The van der Waals surface area contributed by atoms with Gasteiger partial charge in [-0.05, 0) is 32.1 Å². The summed E-state index contributed by atoms with van der Waals surface area (Å²) in [7, 11) is 0. The van der Waals surface area contributed by atoms with E-state index in [9.17, 15) is 20.1 Å². The van der Waals surface area contributed by atoms with Gasteiger partial charge in [0.25, 0.3) is 0 Å². The molecule has 0 aliphatic carbocycles. The maximum atomic E-state index is 11.7. The molecule has 170 valence electrons. The lowest BCUT2D eigenvalue weighted by atomic mass is 10.1. The van der Waals surface area contributed by atoms with E-state index in [-0.39, 0.29) is 19.2 Å². The summed E-state index contributed by atoms with van der Waals surface area (Å²) in [5.41, 5.74) is 0. The Morgan fingerprint density at radius 2 is 1.59 bits per heavy atom. The van der Waals surface area contributed by atoms with E-state index in [1.165, 1.54) is 51.4 Å². The van der Waals surface area contributed by atoms with E-state index in [1.807, 2.05) is 0 Å². The standard InChI is InChI=1S/C23H42O6/c1-2-3-4-5-6-7-8-9-10-11-12-13-14-15-16-21(26)28-18-20(25)23-22(27)19(24)17-29-23/h8-9,19-20,22-25,27H,2-7,10-18H2,1H3/b9-8+/t19-,20?,22+,23+/m0/s1. The molecule has 4 atom stereocenters. The Hall–Kier alpha value is -0.950. The normalized spacial score (nSPS) is 23.0. The first-order valence-corrected chi connectivity index (χ1v) is 11.5. The van der Waals surface area contributed by atoms with Crippen LogP contribution in [0, 0.1) is 0 Å². The number of rotatable bonds is 17. The molecule has 0 aromatic carbocycles. The number of hydrogen-bond acceptors (Lipinski definition) is 6. The van der Waals surface area contributed by atoms with Gasteiger partial charge in [0.2, 0.25) is 0 Å². The molecule has 6 heteroatoms. The molecule has 0 amide bonds. The van der Waals surface area contributed by atoms with Crippen molar-refractivity contribution in [2.45, 2.75) is 115 Å². The van der Waals surface area contributed by atoms with Gasteiger partial charge in [-0.25, -0.2) is 0 Å². The third-order valence-corrected chi connectivity index (χ3v) is 5.38. The summed E-state index contributed by atoms with van der Waals surface area (Å²) >= 11 is 0. The van der Waals surface area contributed by atoms with Crippen LogP contribution in [0.3, 0.4) is 0 Å². The molecule has 1 fully saturated rings. The monoisotopic (exact) mass is 414 g/mol. The highest BCUT2D eigenvalue weighted by Crippen LogP contribution is 2.18. The molecular weight excluding hydrogens is 372 g/mol. The van der Waals surface area contributed by atoms with Gasteiger partial charge in [0.05, 0.1) is 6.61 Å². The molecule has 1 rings (SSSR count). The van der Waals surface area contributed by atoms with Gasteiger partial charge < -0.3 is 24.8 Å². The van der Waals surface area contributed by atoms with E-state index in [0.717, 1.165) is 25.7 Å². The van der Waals surface area contributed by atoms with E-state index in [1.54, 1.807) is 0 Å². The quantitative estimate of drug-likeness (QED) is 0.191.